The number of fused-ring (bicyclic) bond motifs is 6. The molecule has 68 heavy (non-hydrogen) atoms. The van der Waals surface area contributed by atoms with Crippen LogP contribution in [-0.4, -0.2) is 19.5 Å². The minimum Gasteiger partial charge on any atom is -0.309 e. The average molecular weight is 885 g/mol. The molecule has 0 amide bonds. The fraction of sp³-hybridized carbons (Fsp3) is 0. The van der Waals surface area contributed by atoms with Crippen LogP contribution in [0.3, 0.4) is 0 Å². The molecule has 318 valence electrons. The molecule has 0 saturated carbocycles. The molecular formula is C63H40N4S. The molecular weight excluding hydrogens is 845 g/mol. The molecule has 5 heteroatoms. The summed E-state index contributed by atoms with van der Waals surface area (Å²) in [5, 5.41) is 4.98. The van der Waals surface area contributed by atoms with Crippen LogP contribution in [0, 0.1) is 0 Å². The van der Waals surface area contributed by atoms with Gasteiger partial charge in [0.2, 0.25) is 0 Å². The fourth-order valence-corrected chi connectivity index (χ4v) is 11.0. The van der Waals surface area contributed by atoms with Crippen molar-refractivity contribution >= 4 is 53.3 Å². The van der Waals surface area contributed by atoms with Crippen molar-refractivity contribution in [2.24, 2.45) is 0 Å². The molecule has 0 fully saturated rings. The molecule has 3 heterocycles. The van der Waals surface area contributed by atoms with Crippen LogP contribution in [0.1, 0.15) is 0 Å². The summed E-state index contributed by atoms with van der Waals surface area (Å²) in [5.41, 5.74) is 15.1. The van der Waals surface area contributed by atoms with Crippen LogP contribution in [0.5, 0.6) is 0 Å². The second kappa shape index (κ2) is 16.6. The maximum absolute atomic E-state index is 5.35. The Bertz CT molecular complexity index is 4010. The van der Waals surface area contributed by atoms with Gasteiger partial charge in [-0.25, -0.2) is 15.0 Å². The van der Waals surface area contributed by atoms with E-state index in [4.69, 9.17) is 15.0 Å². The highest BCUT2D eigenvalue weighted by Crippen LogP contribution is 2.43. The molecule has 0 atom stereocenters. The second-order valence-electron chi connectivity index (χ2n) is 17.2. The van der Waals surface area contributed by atoms with Crippen molar-refractivity contribution in [3.05, 3.63) is 243 Å². The summed E-state index contributed by atoms with van der Waals surface area (Å²) in [6, 6.07) is 86.5. The summed E-state index contributed by atoms with van der Waals surface area (Å²) in [6.07, 6.45) is 0. The van der Waals surface area contributed by atoms with Gasteiger partial charge in [0.05, 0.1) is 11.0 Å². The molecule has 13 aromatic rings. The average Bonchev–Trinajstić information content (AvgIpc) is 3.97. The lowest BCUT2D eigenvalue weighted by molar-refractivity contribution is 1.07. The van der Waals surface area contributed by atoms with Gasteiger partial charge in [-0.1, -0.05) is 200 Å². The van der Waals surface area contributed by atoms with Crippen molar-refractivity contribution < 1.29 is 0 Å². The monoisotopic (exact) mass is 884 g/mol. The number of hydrogen-bond acceptors (Lipinski definition) is 4. The Balaban J connectivity index is 1.03. The van der Waals surface area contributed by atoms with Crippen LogP contribution in [0.2, 0.25) is 0 Å². The highest BCUT2D eigenvalue weighted by Gasteiger charge is 2.20. The van der Waals surface area contributed by atoms with Gasteiger partial charge in [-0.2, -0.15) is 0 Å². The number of nitrogens with zero attached hydrogens (tertiary/aromatic N) is 4. The summed E-state index contributed by atoms with van der Waals surface area (Å²) >= 11 is 1.87. The first kappa shape index (κ1) is 39.6. The van der Waals surface area contributed by atoms with Crippen LogP contribution in [0.15, 0.2) is 243 Å². The lowest BCUT2D eigenvalue weighted by Crippen LogP contribution is -2.02. The van der Waals surface area contributed by atoms with Gasteiger partial charge < -0.3 is 4.57 Å². The minimum absolute atomic E-state index is 0.596. The molecule has 13 rings (SSSR count). The van der Waals surface area contributed by atoms with E-state index in [1.165, 1.54) is 42.1 Å². The van der Waals surface area contributed by atoms with E-state index in [0.717, 1.165) is 66.8 Å². The standard InChI is InChI=1S/C63H40N4S/c1-4-16-41(17-5-1)44-30-32-45(33-31-44)61-64-62(48-23-14-22-46(36-48)42-18-6-2-7-19-42)66-63(65-61)50-37-49(43-20-8-3-9-21-43)38-51(39-50)67-57-28-12-10-24-53(57)54-35-34-47(40-58(54)67)52-26-15-27-56-55-25-11-13-29-59(55)68-60(52)56/h1-40H. The third-order valence-electron chi connectivity index (χ3n) is 13.0. The highest BCUT2D eigenvalue weighted by atomic mass is 32.1. The summed E-state index contributed by atoms with van der Waals surface area (Å²) < 4.78 is 5.02. The van der Waals surface area contributed by atoms with E-state index in [1.54, 1.807) is 0 Å². The Hall–Kier alpha value is -8.77. The number of para-hydroxylation sites is 1. The SMILES string of the molecule is c1ccc(-c2ccc(-c3nc(-c4cccc(-c5ccccc5)c4)nc(-c4cc(-c5ccccc5)cc(-n5c6ccccc6c6ccc(-c7cccc8c7sc7ccccc78)cc65)c4)n3)cc2)cc1. The number of hydrogen-bond donors (Lipinski definition) is 0. The van der Waals surface area contributed by atoms with E-state index in [2.05, 4.69) is 235 Å². The molecule has 0 bridgehead atoms. The quantitative estimate of drug-likeness (QED) is 0.153. The zero-order valence-electron chi connectivity index (χ0n) is 36.8. The zero-order valence-corrected chi connectivity index (χ0v) is 37.6. The third-order valence-corrected chi connectivity index (χ3v) is 14.3. The molecule has 0 aliphatic rings. The first-order valence-electron chi connectivity index (χ1n) is 22.9. The zero-order chi connectivity index (χ0) is 45.0. The molecule has 0 spiro atoms. The van der Waals surface area contributed by atoms with E-state index in [-0.39, 0.29) is 0 Å². The van der Waals surface area contributed by atoms with E-state index in [1.807, 2.05) is 23.5 Å². The molecule has 3 aromatic heterocycles. The lowest BCUT2D eigenvalue weighted by Gasteiger charge is -2.15. The predicted molar refractivity (Wildman–Crippen MR) is 285 cm³/mol. The summed E-state index contributed by atoms with van der Waals surface area (Å²) in [6.45, 7) is 0. The first-order chi connectivity index (χ1) is 33.7. The molecule has 0 radical (unpaired) electrons. The molecule has 0 aliphatic carbocycles. The maximum atomic E-state index is 5.35. The van der Waals surface area contributed by atoms with E-state index < -0.39 is 0 Å². The van der Waals surface area contributed by atoms with Crippen LogP contribution < -0.4 is 0 Å². The number of rotatable bonds is 8. The number of thiophene rings is 1. The topological polar surface area (TPSA) is 43.6 Å². The van der Waals surface area contributed by atoms with Crippen LogP contribution >= 0.6 is 11.3 Å². The van der Waals surface area contributed by atoms with E-state index in [0.29, 0.717) is 17.5 Å². The molecule has 4 nitrogen and oxygen atoms in total. The number of aromatic nitrogens is 4. The van der Waals surface area contributed by atoms with Crippen LogP contribution in [0.4, 0.5) is 0 Å². The highest BCUT2D eigenvalue weighted by molar-refractivity contribution is 7.26. The van der Waals surface area contributed by atoms with Crippen molar-refractivity contribution in [1.82, 2.24) is 19.5 Å². The summed E-state index contributed by atoms with van der Waals surface area (Å²) in [4.78, 5) is 15.9. The molecule has 0 saturated heterocycles. The normalized spacial score (nSPS) is 11.5. The van der Waals surface area contributed by atoms with Gasteiger partial charge in [0.1, 0.15) is 0 Å². The van der Waals surface area contributed by atoms with Crippen molar-refractivity contribution in [1.29, 1.82) is 0 Å². The molecule has 10 aromatic carbocycles. The van der Waals surface area contributed by atoms with Gasteiger partial charge in [0.25, 0.3) is 0 Å². The summed E-state index contributed by atoms with van der Waals surface area (Å²) in [7, 11) is 0. The second-order valence-corrected chi connectivity index (χ2v) is 18.2. The van der Waals surface area contributed by atoms with E-state index >= 15 is 0 Å². The Morgan fingerprint density at radius 3 is 1.51 bits per heavy atom. The van der Waals surface area contributed by atoms with Crippen molar-refractivity contribution in [3.63, 3.8) is 0 Å². The van der Waals surface area contributed by atoms with Crippen LogP contribution in [-0.2, 0) is 0 Å². The number of benzene rings is 10. The predicted octanol–water partition coefficient (Wildman–Crippen LogP) is 17.0. The third kappa shape index (κ3) is 7.05. The molecule has 0 unspecified atom stereocenters. The van der Waals surface area contributed by atoms with Gasteiger partial charge in [0.15, 0.2) is 17.5 Å². The van der Waals surface area contributed by atoms with Crippen molar-refractivity contribution in [3.8, 4) is 84.4 Å². The minimum atomic E-state index is 0.596. The van der Waals surface area contributed by atoms with E-state index in [9.17, 15) is 0 Å². The largest absolute Gasteiger partial charge is 0.309 e. The van der Waals surface area contributed by atoms with Gasteiger partial charge >= 0.3 is 0 Å². The van der Waals surface area contributed by atoms with Gasteiger partial charge in [-0.05, 0) is 87.0 Å². The Labute approximate surface area is 397 Å². The van der Waals surface area contributed by atoms with Crippen LogP contribution in [0.25, 0.3) is 126 Å². The summed E-state index contributed by atoms with van der Waals surface area (Å²) in [5.74, 6) is 1.82. The van der Waals surface area contributed by atoms with Gasteiger partial charge in [-0.3, -0.25) is 0 Å². The van der Waals surface area contributed by atoms with Crippen molar-refractivity contribution in [2.75, 3.05) is 0 Å². The smallest absolute Gasteiger partial charge is 0.164 e. The van der Waals surface area contributed by atoms with Crippen molar-refractivity contribution in [2.45, 2.75) is 0 Å². The van der Waals surface area contributed by atoms with Gasteiger partial charge in [0, 0.05) is 53.3 Å². The Morgan fingerprint density at radius 2 is 0.765 bits per heavy atom. The Morgan fingerprint density at radius 1 is 0.279 bits per heavy atom. The first-order valence-corrected chi connectivity index (χ1v) is 23.7. The Kier molecular flexibility index (Phi) is 9.66. The molecule has 0 aliphatic heterocycles. The molecule has 0 N–H and O–H groups in total. The lowest BCUT2D eigenvalue weighted by atomic mass is 10.0. The van der Waals surface area contributed by atoms with Gasteiger partial charge in [-0.15, -0.1) is 11.3 Å². The maximum Gasteiger partial charge on any atom is 0.164 e. The fourth-order valence-electron chi connectivity index (χ4n) is 9.73.